The van der Waals surface area contributed by atoms with Crippen LogP contribution in [0.3, 0.4) is 0 Å². The van der Waals surface area contributed by atoms with E-state index in [2.05, 4.69) is 27.5 Å². The summed E-state index contributed by atoms with van der Waals surface area (Å²) in [5.41, 5.74) is 1.94. The molecule has 8 nitrogen and oxygen atoms in total. The van der Waals surface area contributed by atoms with Crippen molar-refractivity contribution in [1.29, 1.82) is 0 Å². The van der Waals surface area contributed by atoms with Gasteiger partial charge >= 0.3 is 11.9 Å². The summed E-state index contributed by atoms with van der Waals surface area (Å²) in [7, 11) is 0. The zero-order valence-corrected chi connectivity index (χ0v) is 23.4. The van der Waals surface area contributed by atoms with Crippen LogP contribution in [0, 0.1) is 0 Å². The Labute approximate surface area is 231 Å². The third-order valence-electron chi connectivity index (χ3n) is 5.59. The number of ether oxygens (including phenoxy) is 3. The molecule has 1 aliphatic rings. The normalized spacial score (nSPS) is 14.9. The molecule has 2 heterocycles. The lowest BCUT2D eigenvalue weighted by molar-refractivity contribution is -0.139. The molecule has 1 aliphatic heterocycles. The van der Waals surface area contributed by atoms with Crippen molar-refractivity contribution in [1.82, 2.24) is 4.57 Å². The number of benzene rings is 2. The van der Waals surface area contributed by atoms with Crippen LogP contribution in [0.4, 0.5) is 0 Å². The number of thiazole rings is 1. The molecule has 0 amide bonds. The van der Waals surface area contributed by atoms with Crippen LogP contribution >= 0.6 is 27.3 Å². The summed E-state index contributed by atoms with van der Waals surface area (Å²) in [4.78, 5) is 43.1. The molecule has 0 fully saturated rings. The van der Waals surface area contributed by atoms with Crippen LogP contribution in [0.1, 0.15) is 37.9 Å². The van der Waals surface area contributed by atoms with Gasteiger partial charge in [-0.3, -0.25) is 14.2 Å². The Bertz CT molecular complexity index is 1620. The number of allylic oxidation sites excluding steroid dienone is 1. The van der Waals surface area contributed by atoms with Crippen molar-refractivity contribution in [2.75, 3.05) is 13.2 Å². The average Bonchev–Trinajstić information content (AvgIpc) is 3.18. The number of nitrogens with zero attached hydrogens (tertiary/aromatic N) is 2. The third-order valence-corrected chi connectivity index (χ3v) is 7.19. The Balaban J connectivity index is 1.84. The van der Waals surface area contributed by atoms with Crippen molar-refractivity contribution in [3.05, 3.63) is 102 Å². The fourth-order valence-electron chi connectivity index (χ4n) is 4.00. The Morgan fingerprint density at radius 1 is 1.21 bits per heavy atom. The van der Waals surface area contributed by atoms with Gasteiger partial charge < -0.3 is 14.2 Å². The van der Waals surface area contributed by atoms with E-state index in [4.69, 9.17) is 14.2 Å². The van der Waals surface area contributed by atoms with Crippen molar-refractivity contribution in [2.45, 2.75) is 26.8 Å². The van der Waals surface area contributed by atoms with Crippen LogP contribution in [-0.4, -0.2) is 29.7 Å². The van der Waals surface area contributed by atoms with Gasteiger partial charge in [0.2, 0.25) is 0 Å². The molecule has 0 saturated carbocycles. The van der Waals surface area contributed by atoms with Gasteiger partial charge in [-0.05, 0) is 71.2 Å². The van der Waals surface area contributed by atoms with Crippen LogP contribution in [0.2, 0.25) is 0 Å². The van der Waals surface area contributed by atoms with Crippen molar-refractivity contribution in [2.24, 2.45) is 4.99 Å². The molecule has 0 spiro atoms. The Hall–Kier alpha value is -3.76. The molecule has 0 radical (unpaired) electrons. The summed E-state index contributed by atoms with van der Waals surface area (Å²) in [6.45, 7) is 9.00. The second kappa shape index (κ2) is 11.7. The number of fused-ring (bicyclic) bond motifs is 1. The number of carbonyl (C=O) groups is 2. The number of carbonyl (C=O) groups excluding carboxylic acids is 2. The maximum Gasteiger partial charge on any atom is 0.338 e. The minimum absolute atomic E-state index is 0.194. The third kappa shape index (κ3) is 5.71. The molecule has 38 heavy (non-hydrogen) atoms. The Morgan fingerprint density at radius 2 is 1.95 bits per heavy atom. The first-order chi connectivity index (χ1) is 18.2. The largest absolute Gasteiger partial charge is 0.490 e. The molecule has 0 bridgehead atoms. The molecule has 2 aromatic carbocycles. The maximum atomic E-state index is 13.7. The molecule has 0 unspecified atom stereocenters. The highest BCUT2D eigenvalue weighted by Gasteiger charge is 2.33. The molecule has 3 aromatic rings. The molecule has 0 N–H and O–H groups in total. The summed E-state index contributed by atoms with van der Waals surface area (Å²) < 4.78 is 18.6. The standard InChI is InChI=1S/C28H25BrN2O6S/c1-5-13-36-20-10-8-19(9-11-20)25-24(27(34)35-6-2)16(3)30-28-31(25)26(33)23(38-28)15-18-7-12-22(21(29)14-18)37-17(4)32/h5,7-12,14-15,25H,1,6,13H2,2-4H3/b23-15-/t25-/m0/s1. The van der Waals surface area contributed by atoms with Gasteiger partial charge in [-0.15, -0.1) is 0 Å². The van der Waals surface area contributed by atoms with Crippen LogP contribution in [0.5, 0.6) is 11.5 Å². The van der Waals surface area contributed by atoms with Gasteiger partial charge in [0.15, 0.2) is 4.80 Å². The van der Waals surface area contributed by atoms with E-state index >= 15 is 0 Å². The summed E-state index contributed by atoms with van der Waals surface area (Å²) >= 11 is 4.63. The van der Waals surface area contributed by atoms with E-state index in [9.17, 15) is 14.4 Å². The Morgan fingerprint density at radius 3 is 2.58 bits per heavy atom. The molecule has 1 atom stereocenters. The molecule has 0 saturated heterocycles. The first kappa shape index (κ1) is 27.3. The fraction of sp³-hybridized carbons (Fsp3) is 0.214. The highest BCUT2D eigenvalue weighted by atomic mass is 79.9. The molecule has 10 heteroatoms. The predicted octanol–water partition coefficient (Wildman–Crippen LogP) is 4.05. The molecular weight excluding hydrogens is 572 g/mol. The summed E-state index contributed by atoms with van der Waals surface area (Å²) in [5.74, 6) is 0.0680. The fourth-order valence-corrected chi connectivity index (χ4v) is 5.53. The number of hydrogen-bond donors (Lipinski definition) is 0. The number of hydrogen-bond acceptors (Lipinski definition) is 8. The molecule has 196 valence electrons. The van der Waals surface area contributed by atoms with Gasteiger partial charge in [-0.25, -0.2) is 9.79 Å². The highest BCUT2D eigenvalue weighted by molar-refractivity contribution is 9.10. The lowest BCUT2D eigenvalue weighted by atomic mass is 9.96. The minimum Gasteiger partial charge on any atom is -0.490 e. The van der Waals surface area contributed by atoms with Gasteiger partial charge in [-0.1, -0.05) is 42.2 Å². The minimum atomic E-state index is -0.723. The summed E-state index contributed by atoms with van der Waals surface area (Å²) in [6, 6.07) is 11.6. The van der Waals surface area contributed by atoms with E-state index in [1.807, 2.05) is 12.1 Å². The topological polar surface area (TPSA) is 96.2 Å². The SMILES string of the molecule is C=CCOc1ccc([C@H]2C(C(=O)OCC)=C(C)N=c3s/c(=C\c4ccc(OC(C)=O)c(Br)c4)c(=O)n32)cc1. The lowest BCUT2D eigenvalue weighted by Gasteiger charge is -2.24. The van der Waals surface area contributed by atoms with Gasteiger partial charge in [0.05, 0.1) is 32.9 Å². The molecule has 1 aromatic heterocycles. The number of aromatic nitrogens is 1. The van der Waals surface area contributed by atoms with E-state index in [1.165, 1.54) is 22.8 Å². The Kier molecular flexibility index (Phi) is 8.43. The summed E-state index contributed by atoms with van der Waals surface area (Å²) in [6.07, 6.45) is 3.39. The smallest absolute Gasteiger partial charge is 0.338 e. The van der Waals surface area contributed by atoms with Crippen molar-refractivity contribution in [3.8, 4) is 11.5 Å². The molecular formula is C28H25BrN2O6S. The first-order valence-corrected chi connectivity index (χ1v) is 13.4. The highest BCUT2D eigenvalue weighted by Crippen LogP contribution is 2.32. The van der Waals surface area contributed by atoms with Crippen molar-refractivity contribution >= 4 is 45.3 Å². The van der Waals surface area contributed by atoms with Crippen LogP contribution in [0.15, 0.2) is 80.6 Å². The van der Waals surface area contributed by atoms with Gasteiger partial charge in [0, 0.05) is 6.92 Å². The van der Waals surface area contributed by atoms with Crippen LogP contribution in [-0.2, 0) is 14.3 Å². The summed E-state index contributed by atoms with van der Waals surface area (Å²) in [5, 5.41) is 0. The lowest BCUT2D eigenvalue weighted by Crippen LogP contribution is -2.39. The van der Waals surface area contributed by atoms with Gasteiger partial charge in [0.1, 0.15) is 18.1 Å². The van der Waals surface area contributed by atoms with Crippen molar-refractivity contribution < 1.29 is 23.8 Å². The van der Waals surface area contributed by atoms with Crippen molar-refractivity contribution in [3.63, 3.8) is 0 Å². The average molecular weight is 597 g/mol. The second-order valence-corrected chi connectivity index (χ2v) is 10.1. The van der Waals surface area contributed by atoms with Crippen LogP contribution in [0.25, 0.3) is 6.08 Å². The monoisotopic (exact) mass is 596 g/mol. The zero-order valence-electron chi connectivity index (χ0n) is 21.0. The van der Waals surface area contributed by atoms with E-state index in [1.54, 1.807) is 56.3 Å². The zero-order chi connectivity index (χ0) is 27.4. The maximum absolute atomic E-state index is 13.7. The van der Waals surface area contributed by atoms with E-state index in [0.29, 0.717) is 43.2 Å². The van der Waals surface area contributed by atoms with E-state index in [0.717, 1.165) is 11.1 Å². The predicted molar refractivity (Wildman–Crippen MR) is 148 cm³/mol. The van der Waals surface area contributed by atoms with Gasteiger partial charge in [0.25, 0.3) is 5.56 Å². The van der Waals surface area contributed by atoms with Crippen LogP contribution < -0.4 is 24.4 Å². The quantitative estimate of drug-likeness (QED) is 0.221. The number of halogens is 1. The number of esters is 2. The number of rotatable bonds is 8. The van der Waals surface area contributed by atoms with Gasteiger partial charge in [-0.2, -0.15) is 0 Å². The first-order valence-electron chi connectivity index (χ1n) is 11.7. The second-order valence-electron chi connectivity index (χ2n) is 8.25. The molecule has 4 rings (SSSR count). The van der Waals surface area contributed by atoms with E-state index in [-0.39, 0.29) is 12.2 Å². The molecule has 0 aliphatic carbocycles. The van der Waals surface area contributed by atoms with E-state index < -0.39 is 18.0 Å².